The van der Waals surface area contributed by atoms with E-state index in [0.29, 0.717) is 24.8 Å². The summed E-state index contributed by atoms with van der Waals surface area (Å²) < 4.78 is 5.56. The van der Waals surface area contributed by atoms with Crippen LogP contribution in [0.15, 0.2) is 58.1 Å². The van der Waals surface area contributed by atoms with Crippen LogP contribution in [0.4, 0.5) is 5.69 Å². The Morgan fingerprint density at radius 1 is 1.07 bits per heavy atom. The first-order chi connectivity index (χ1) is 12.5. The number of aliphatic imine (C=N–C) groups is 1. The lowest BCUT2D eigenvalue weighted by molar-refractivity contribution is 0.572. The average Bonchev–Trinajstić information content (AvgIpc) is 3.08. The van der Waals surface area contributed by atoms with E-state index in [4.69, 9.17) is 10.2 Å². The summed E-state index contributed by atoms with van der Waals surface area (Å²) in [5.41, 5.74) is 12.4. The van der Waals surface area contributed by atoms with Crippen LogP contribution in [0.25, 0.3) is 11.5 Å². The fourth-order valence-electron chi connectivity index (χ4n) is 2.55. The minimum atomic E-state index is 0. The van der Waals surface area contributed by atoms with Gasteiger partial charge in [0.2, 0.25) is 5.89 Å². The molecule has 0 unspecified atom stereocenters. The largest absolute Gasteiger partial charge is 0.444 e. The van der Waals surface area contributed by atoms with Gasteiger partial charge in [0.1, 0.15) is 6.26 Å². The van der Waals surface area contributed by atoms with E-state index < -0.39 is 0 Å². The van der Waals surface area contributed by atoms with Crippen LogP contribution in [0, 0.1) is 20.8 Å². The second-order valence-corrected chi connectivity index (χ2v) is 6.45. The van der Waals surface area contributed by atoms with Crippen LogP contribution in [0.3, 0.4) is 0 Å². The predicted octanol–water partition coefficient (Wildman–Crippen LogP) is 4.85. The minimum Gasteiger partial charge on any atom is -0.444 e. The molecule has 6 heteroatoms. The second-order valence-electron chi connectivity index (χ2n) is 6.45. The number of hydrogen-bond acceptors (Lipinski definition) is 3. The monoisotopic (exact) mass is 476 g/mol. The molecule has 2 aromatic carbocycles. The summed E-state index contributed by atoms with van der Waals surface area (Å²) in [5, 5.41) is 3.12. The fourth-order valence-corrected chi connectivity index (χ4v) is 2.55. The van der Waals surface area contributed by atoms with Gasteiger partial charge in [-0.3, -0.25) is 4.99 Å². The summed E-state index contributed by atoms with van der Waals surface area (Å²) in [6.07, 6.45) is 2.35. The lowest BCUT2D eigenvalue weighted by Gasteiger charge is -2.07. The molecule has 0 bridgehead atoms. The molecular formula is C21H25IN4O. The molecule has 0 amide bonds. The van der Waals surface area contributed by atoms with Crippen molar-refractivity contribution < 1.29 is 4.42 Å². The lowest BCUT2D eigenvalue weighted by atomic mass is 10.1. The Kier molecular flexibility index (Phi) is 7.41. The molecule has 1 heterocycles. The highest BCUT2D eigenvalue weighted by Crippen LogP contribution is 2.19. The molecular weight excluding hydrogens is 451 g/mol. The number of anilines is 1. The van der Waals surface area contributed by atoms with E-state index in [1.165, 1.54) is 16.7 Å². The van der Waals surface area contributed by atoms with Crippen LogP contribution >= 0.6 is 24.0 Å². The van der Waals surface area contributed by atoms with Gasteiger partial charge in [-0.2, -0.15) is 0 Å². The molecule has 3 rings (SSSR count). The summed E-state index contributed by atoms with van der Waals surface area (Å²) in [6, 6.07) is 14.2. The van der Waals surface area contributed by atoms with Crippen LogP contribution in [0.1, 0.15) is 22.4 Å². The van der Waals surface area contributed by atoms with Crippen molar-refractivity contribution >= 4 is 35.6 Å². The van der Waals surface area contributed by atoms with Gasteiger partial charge in [0.15, 0.2) is 5.96 Å². The maximum absolute atomic E-state index is 5.96. The summed E-state index contributed by atoms with van der Waals surface area (Å²) >= 11 is 0. The number of guanidine groups is 1. The third-order valence-electron chi connectivity index (χ3n) is 4.28. The van der Waals surface area contributed by atoms with Crippen molar-refractivity contribution in [3.05, 3.63) is 71.1 Å². The molecule has 142 valence electrons. The van der Waals surface area contributed by atoms with Crippen LogP contribution < -0.4 is 11.1 Å². The Labute approximate surface area is 177 Å². The van der Waals surface area contributed by atoms with Crippen LogP contribution in [-0.2, 0) is 6.42 Å². The smallest absolute Gasteiger partial charge is 0.226 e. The Bertz CT molecular complexity index is 916. The van der Waals surface area contributed by atoms with E-state index in [2.05, 4.69) is 48.2 Å². The molecule has 3 N–H and O–H groups in total. The number of benzene rings is 2. The first-order valence-electron chi connectivity index (χ1n) is 8.67. The lowest BCUT2D eigenvalue weighted by Crippen LogP contribution is -2.23. The first-order valence-corrected chi connectivity index (χ1v) is 8.67. The van der Waals surface area contributed by atoms with E-state index in [0.717, 1.165) is 16.9 Å². The van der Waals surface area contributed by atoms with Crippen molar-refractivity contribution in [2.24, 2.45) is 10.7 Å². The van der Waals surface area contributed by atoms with E-state index >= 15 is 0 Å². The highest BCUT2D eigenvalue weighted by Gasteiger charge is 2.06. The fraction of sp³-hybridized carbons (Fsp3) is 0.238. The molecule has 3 aromatic rings. The Morgan fingerprint density at radius 2 is 1.81 bits per heavy atom. The number of nitrogens with zero attached hydrogens (tertiary/aromatic N) is 2. The molecule has 0 saturated heterocycles. The van der Waals surface area contributed by atoms with Gasteiger partial charge < -0.3 is 15.5 Å². The van der Waals surface area contributed by atoms with E-state index in [1.807, 2.05) is 30.3 Å². The van der Waals surface area contributed by atoms with Crippen LogP contribution in [-0.4, -0.2) is 17.5 Å². The maximum atomic E-state index is 5.96. The van der Waals surface area contributed by atoms with Gasteiger partial charge in [-0.15, -0.1) is 24.0 Å². The number of hydrogen-bond donors (Lipinski definition) is 2. The average molecular weight is 476 g/mol. The maximum Gasteiger partial charge on any atom is 0.226 e. The van der Waals surface area contributed by atoms with Gasteiger partial charge in [-0.1, -0.05) is 23.8 Å². The van der Waals surface area contributed by atoms with Crippen LogP contribution in [0.2, 0.25) is 0 Å². The number of halogens is 1. The van der Waals surface area contributed by atoms with Crippen molar-refractivity contribution in [3.63, 3.8) is 0 Å². The molecule has 1 aromatic heterocycles. The highest BCUT2D eigenvalue weighted by atomic mass is 127. The summed E-state index contributed by atoms with van der Waals surface area (Å²) in [6.45, 7) is 6.76. The highest BCUT2D eigenvalue weighted by molar-refractivity contribution is 14.0. The number of nitrogens with two attached hydrogens (primary N) is 1. The second kappa shape index (κ2) is 9.55. The van der Waals surface area contributed by atoms with Gasteiger partial charge >= 0.3 is 0 Å². The van der Waals surface area contributed by atoms with E-state index in [-0.39, 0.29) is 24.0 Å². The number of oxazole rings is 1. The molecule has 0 aliphatic carbocycles. The zero-order valence-electron chi connectivity index (χ0n) is 15.8. The van der Waals surface area contributed by atoms with Crippen molar-refractivity contribution in [2.45, 2.75) is 27.2 Å². The zero-order valence-corrected chi connectivity index (χ0v) is 18.2. The van der Waals surface area contributed by atoms with Gasteiger partial charge in [0.25, 0.3) is 0 Å². The Balaban J connectivity index is 0.00000261. The van der Waals surface area contributed by atoms with Gasteiger partial charge in [-0.05, 0) is 56.2 Å². The van der Waals surface area contributed by atoms with Gasteiger partial charge in [-0.25, -0.2) is 4.98 Å². The van der Waals surface area contributed by atoms with Crippen LogP contribution in [0.5, 0.6) is 0 Å². The molecule has 0 aliphatic rings. The summed E-state index contributed by atoms with van der Waals surface area (Å²) in [7, 11) is 0. The third-order valence-corrected chi connectivity index (χ3v) is 4.28. The predicted molar refractivity (Wildman–Crippen MR) is 122 cm³/mol. The van der Waals surface area contributed by atoms with Crippen molar-refractivity contribution in [3.8, 4) is 11.5 Å². The third kappa shape index (κ3) is 5.82. The normalized spacial score (nSPS) is 11.1. The summed E-state index contributed by atoms with van der Waals surface area (Å²) in [5.74, 6) is 1.03. The SMILES string of the molecule is Cc1ccc(-c2nc(CCN=C(N)Nc3ccc(C)c(C)c3)co2)cc1.I. The van der Waals surface area contributed by atoms with Crippen molar-refractivity contribution in [1.29, 1.82) is 0 Å². The van der Waals surface area contributed by atoms with Gasteiger partial charge in [0.05, 0.1) is 5.69 Å². The topological polar surface area (TPSA) is 76.4 Å². The Morgan fingerprint density at radius 3 is 2.52 bits per heavy atom. The number of rotatable bonds is 5. The molecule has 0 radical (unpaired) electrons. The van der Waals surface area contributed by atoms with Gasteiger partial charge in [0, 0.05) is 24.2 Å². The van der Waals surface area contributed by atoms with E-state index in [9.17, 15) is 0 Å². The van der Waals surface area contributed by atoms with E-state index in [1.54, 1.807) is 6.26 Å². The molecule has 0 aliphatic heterocycles. The molecule has 0 fully saturated rings. The quantitative estimate of drug-likeness (QED) is 0.314. The van der Waals surface area contributed by atoms with Crippen molar-refractivity contribution in [1.82, 2.24) is 4.98 Å². The number of aryl methyl sites for hydroxylation is 3. The molecule has 5 nitrogen and oxygen atoms in total. The number of nitrogens with one attached hydrogen (secondary N) is 1. The molecule has 27 heavy (non-hydrogen) atoms. The molecule has 0 saturated carbocycles. The first kappa shape index (κ1) is 21.0. The number of aromatic nitrogens is 1. The Hall–Kier alpha value is -2.35. The zero-order chi connectivity index (χ0) is 18.5. The summed E-state index contributed by atoms with van der Waals surface area (Å²) in [4.78, 5) is 8.88. The molecule has 0 atom stereocenters. The minimum absolute atomic E-state index is 0. The standard InChI is InChI=1S/C21H24N4O.HI/c1-14-4-7-17(8-5-14)20-24-19(13-26-20)10-11-23-21(22)25-18-9-6-15(2)16(3)12-18;/h4-9,12-13H,10-11H2,1-3H3,(H3,22,23,25);1H. The molecule has 0 spiro atoms. The van der Waals surface area contributed by atoms with Crippen molar-refractivity contribution in [2.75, 3.05) is 11.9 Å².